The molecule has 90 valence electrons. The molecule has 4 nitrogen and oxygen atoms in total. The number of carbonyl (C=O) groups is 1. The molecule has 17 heavy (non-hydrogen) atoms. The van der Waals surface area contributed by atoms with Crippen LogP contribution in [-0.2, 0) is 4.79 Å². The highest BCUT2D eigenvalue weighted by Gasteiger charge is 2.29. The smallest absolute Gasteiger partial charge is 0.264 e. The second kappa shape index (κ2) is 4.28. The van der Waals surface area contributed by atoms with E-state index in [1.165, 1.54) is 12.8 Å². The van der Waals surface area contributed by atoms with E-state index in [1.54, 1.807) is 0 Å². The average Bonchev–Trinajstić information content (AvgIpc) is 3.19. The number of fused-ring (bicyclic) bond motifs is 1. The molecule has 1 unspecified atom stereocenters. The number of carbonyl (C=O) groups excluding carboxylic acids is 1. The second-order valence-electron chi connectivity index (χ2n) is 4.55. The van der Waals surface area contributed by atoms with E-state index >= 15 is 0 Å². The lowest BCUT2D eigenvalue weighted by Gasteiger charge is -2.25. The fourth-order valence-electron chi connectivity index (χ4n) is 1.83. The van der Waals surface area contributed by atoms with E-state index in [9.17, 15) is 4.79 Å². The lowest BCUT2D eigenvalue weighted by atomic mass is 10.2. The lowest BCUT2D eigenvalue weighted by Crippen LogP contribution is -2.44. The third-order valence-electron chi connectivity index (χ3n) is 3.06. The van der Waals surface area contributed by atoms with Gasteiger partial charge in [-0.25, -0.2) is 0 Å². The van der Waals surface area contributed by atoms with Crippen LogP contribution in [0.2, 0.25) is 0 Å². The standard InChI is InChI=1S/C13H15NO3/c15-13(14-7-9-5-6-9)12-8-16-10-3-1-2-4-11(10)17-12/h1-4,9,12H,5-8H2,(H,14,15). The van der Waals surface area contributed by atoms with E-state index in [0.717, 1.165) is 6.54 Å². The van der Waals surface area contributed by atoms with Crippen LogP contribution in [0.15, 0.2) is 24.3 Å². The van der Waals surface area contributed by atoms with Gasteiger partial charge in [-0.3, -0.25) is 4.79 Å². The zero-order chi connectivity index (χ0) is 11.7. The van der Waals surface area contributed by atoms with Crippen LogP contribution >= 0.6 is 0 Å². The van der Waals surface area contributed by atoms with Gasteiger partial charge in [0.25, 0.3) is 5.91 Å². The molecule has 1 atom stereocenters. The molecule has 1 aliphatic heterocycles. The minimum Gasteiger partial charge on any atom is -0.485 e. The minimum absolute atomic E-state index is 0.0774. The van der Waals surface area contributed by atoms with Gasteiger partial charge in [-0.05, 0) is 30.9 Å². The Hall–Kier alpha value is -1.71. The van der Waals surface area contributed by atoms with Crippen molar-refractivity contribution < 1.29 is 14.3 Å². The van der Waals surface area contributed by atoms with Crippen LogP contribution in [0.3, 0.4) is 0 Å². The maximum Gasteiger partial charge on any atom is 0.264 e. The monoisotopic (exact) mass is 233 g/mol. The first-order valence-corrected chi connectivity index (χ1v) is 5.99. The largest absolute Gasteiger partial charge is 0.485 e. The van der Waals surface area contributed by atoms with Gasteiger partial charge in [0, 0.05) is 6.54 Å². The maximum atomic E-state index is 11.8. The van der Waals surface area contributed by atoms with Crippen LogP contribution in [0.4, 0.5) is 0 Å². The molecule has 1 heterocycles. The topological polar surface area (TPSA) is 47.6 Å². The van der Waals surface area contributed by atoms with Gasteiger partial charge in [-0.1, -0.05) is 12.1 Å². The van der Waals surface area contributed by atoms with Crippen molar-refractivity contribution in [3.63, 3.8) is 0 Å². The Kier molecular flexibility index (Phi) is 2.63. The van der Waals surface area contributed by atoms with Gasteiger partial charge in [0.1, 0.15) is 6.61 Å². The fourth-order valence-corrected chi connectivity index (χ4v) is 1.83. The molecule has 1 amide bonds. The molecule has 2 aliphatic rings. The number of amides is 1. The summed E-state index contributed by atoms with van der Waals surface area (Å²) < 4.78 is 11.1. The molecule has 4 heteroatoms. The van der Waals surface area contributed by atoms with Crippen molar-refractivity contribution in [3.8, 4) is 11.5 Å². The number of ether oxygens (including phenoxy) is 2. The Balaban J connectivity index is 1.60. The summed E-state index contributed by atoms with van der Waals surface area (Å²) in [5, 5.41) is 2.90. The summed E-state index contributed by atoms with van der Waals surface area (Å²) in [5.74, 6) is 1.95. The zero-order valence-corrected chi connectivity index (χ0v) is 9.52. The van der Waals surface area contributed by atoms with Gasteiger partial charge < -0.3 is 14.8 Å². The van der Waals surface area contributed by atoms with Gasteiger partial charge in [0.15, 0.2) is 11.5 Å². The predicted molar refractivity (Wildman–Crippen MR) is 62.1 cm³/mol. The van der Waals surface area contributed by atoms with Gasteiger partial charge in [0.2, 0.25) is 6.10 Å². The van der Waals surface area contributed by atoms with E-state index in [0.29, 0.717) is 17.4 Å². The quantitative estimate of drug-likeness (QED) is 0.857. The number of hydrogen-bond acceptors (Lipinski definition) is 3. The Morgan fingerprint density at radius 3 is 2.82 bits per heavy atom. The first-order chi connectivity index (χ1) is 8.33. The molecule has 1 N–H and O–H groups in total. The number of rotatable bonds is 3. The van der Waals surface area contributed by atoms with E-state index in [1.807, 2.05) is 24.3 Å². The zero-order valence-electron chi connectivity index (χ0n) is 9.52. The summed E-state index contributed by atoms with van der Waals surface area (Å²) in [5.41, 5.74) is 0. The first kappa shape index (κ1) is 10.4. The van der Waals surface area contributed by atoms with Crippen molar-refractivity contribution in [2.24, 2.45) is 5.92 Å². The molecule has 0 aromatic heterocycles. The summed E-state index contributed by atoms with van der Waals surface area (Å²) in [7, 11) is 0. The Morgan fingerprint density at radius 2 is 2.06 bits per heavy atom. The van der Waals surface area contributed by atoms with Crippen molar-refractivity contribution in [3.05, 3.63) is 24.3 Å². The van der Waals surface area contributed by atoms with Crippen LogP contribution in [0, 0.1) is 5.92 Å². The van der Waals surface area contributed by atoms with E-state index < -0.39 is 6.10 Å². The van der Waals surface area contributed by atoms with Crippen LogP contribution in [-0.4, -0.2) is 25.2 Å². The fraction of sp³-hybridized carbons (Fsp3) is 0.462. The predicted octanol–water partition coefficient (Wildman–Crippen LogP) is 1.35. The lowest BCUT2D eigenvalue weighted by molar-refractivity contribution is -0.130. The van der Waals surface area contributed by atoms with E-state index in [4.69, 9.17) is 9.47 Å². The molecular formula is C13H15NO3. The van der Waals surface area contributed by atoms with Crippen molar-refractivity contribution in [1.29, 1.82) is 0 Å². The minimum atomic E-state index is -0.524. The molecule has 0 radical (unpaired) electrons. The molecule has 3 rings (SSSR count). The number of para-hydroxylation sites is 2. The van der Waals surface area contributed by atoms with Crippen LogP contribution in [0.25, 0.3) is 0 Å². The highest BCUT2D eigenvalue weighted by Crippen LogP contribution is 2.31. The van der Waals surface area contributed by atoms with Crippen LogP contribution in [0.1, 0.15) is 12.8 Å². The van der Waals surface area contributed by atoms with E-state index in [-0.39, 0.29) is 12.5 Å². The van der Waals surface area contributed by atoms with Crippen LogP contribution < -0.4 is 14.8 Å². The molecule has 1 saturated carbocycles. The van der Waals surface area contributed by atoms with Gasteiger partial charge in [-0.2, -0.15) is 0 Å². The van der Waals surface area contributed by atoms with Crippen molar-refractivity contribution >= 4 is 5.91 Å². The number of hydrogen-bond donors (Lipinski definition) is 1. The number of nitrogens with one attached hydrogen (secondary N) is 1. The third-order valence-corrected chi connectivity index (χ3v) is 3.06. The van der Waals surface area contributed by atoms with Crippen molar-refractivity contribution in [2.75, 3.05) is 13.2 Å². The summed E-state index contributed by atoms with van der Waals surface area (Å²) in [6.07, 6.45) is 1.93. The van der Waals surface area contributed by atoms with Gasteiger partial charge >= 0.3 is 0 Å². The molecule has 1 fully saturated rings. The highest BCUT2D eigenvalue weighted by atomic mass is 16.6. The molecule has 0 bridgehead atoms. The molecular weight excluding hydrogens is 218 g/mol. The molecule has 0 spiro atoms. The molecule has 1 aromatic carbocycles. The van der Waals surface area contributed by atoms with E-state index in [2.05, 4.69) is 5.32 Å². The summed E-state index contributed by atoms with van der Waals surface area (Å²) >= 11 is 0. The summed E-state index contributed by atoms with van der Waals surface area (Å²) in [4.78, 5) is 11.8. The molecule has 1 aromatic rings. The van der Waals surface area contributed by atoms with Gasteiger partial charge in [0.05, 0.1) is 0 Å². The molecule has 0 saturated heterocycles. The average molecular weight is 233 g/mol. The first-order valence-electron chi connectivity index (χ1n) is 5.99. The Morgan fingerprint density at radius 1 is 1.29 bits per heavy atom. The van der Waals surface area contributed by atoms with Gasteiger partial charge in [-0.15, -0.1) is 0 Å². The normalized spacial score (nSPS) is 22.0. The van der Waals surface area contributed by atoms with Crippen molar-refractivity contribution in [1.82, 2.24) is 5.32 Å². The SMILES string of the molecule is O=C(NCC1CC1)C1COc2ccccc2O1. The number of benzene rings is 1. The van der Waals surface area contributed by atoms with Crippen molar-refractivity contribution in [2.45, 2.75) is 18.9 Å². The maximum absolute atomic E-state index is 11.8. The Bertz CT molecular complexity index is 428. The van der Waals surface area contributed by atoms with Crippen LogP contribution in [0.5, 0.6) is 11.5 Å². The summed E-state index contributed by atoms with van der Waals surface area (Å²) in [6.45, 7) is 1.05. The summed E-state index contributed by atoms with van der Waals surface area (Å²) in [6, 6.07) is 7.41. The second-order valence-corrected chi connectivity index (χ2v) is 4.55. The third kappa shape index (κ3) is 2.35. The highest BCUT2D eigenvalue weighted by molar-refractivity contribution is 5.81. The Labute approximate surface area is 99.9 Å². The molecule has 1 aliphatic carbocycles.